The van der Waals surface area contributed by atoms with Gasteiger partial charge in [0, 0.05) is 31.3 Å². The van der Waals surface area contributed by atoms with Crippen LogP contribution in [0.4, 0.5) is 0 Å². The van der Waals surface area contributed by atoms with E-state index in [0.717, 1.165) is 17.4 Å². The van der Waals surface area contributed by atoms with E-state index in [-0.39, 0.29) is 74.6 Å². The Morgan fingerprint density at radius 3 is 2.13 bits per heavy atom. The first kappa shape index (κ1) is 20.3. The zero-order valence-corrected chi connectivity index (χ0v) is 17.2. The van der Waals surface area contributed by atoms with E-state index in [2.05, 4.69) is 0 Å². The summed E-state index contributed by atoms with van der Waals surface area (Å²) < 4.78 is 0.661. The second-order valence-electron chi connectivity index (χ2n) is 4.37. The van der Waals surface area contributed by atoms with Gasteiger partial charge in [0.15, 0.2) is 5.43 Å². The van der Waals surface area contributed by atoms with Crippen LogP contribution >= 0.6 is 11.3 Å². The summed E-state index contributed by atoms with van der Waals surface area (Å²) in [4.78, 5) is 34.7. The van der Waals surface area contributed by atoms with Crippen LogP contribution in [-0.2, 0) is 0 Å². The maximum absolute atomic E-state index is 12.4. The third kappa shape index (κ3) is 3.53. The molecule has 3 aromatic rings. The van der Waals surface area contributed by atoms with E-state index < -0.39 is 23.1 Å². The Bertz CT molecular complexity index is 981. The quantitative estimate of drug-likeness (QED) is 0.341. The molecule has 0 atom stereocenters. The summed E-state index contributed by atoms with van der Waals surface area (Å²) in [6, 6.07) is 9.09. The molecular weight excluding hydrogens is 338 g/mol. The number of carboxylic acid groups (broad SMARTS) is 2. The van der Waals surface area contributed by atoms with Crippen LogP contribution in [-0.4, -0.2) is 11.9 Å². The summed E-state index contributed by atoms with van der Waals surface area (Å²) in [5.74, 6) is -3.27. The van der Waals surface area contributed by atoms with Gasteiger partial charge in [0.2, 0.25) is 0 Å². The molecule has 0 spiro atoms. The molecule has 104 valence electrons. The number of rotatable bonds is 2. The first-order chi connectivity index (χ1) is 10.0. The number of aromatic carboxylic acids is 2. The van der Waals surface area contributed by atoms with Crippen molar-refractivity contribution in [3.8, 4) is 0 Å². The molecule has 0 bridgehead atoms. The molecule has 8 heteroatoms. The van der Waals surface area contributed by atoms with Gasteiger partial charge in [0.05, 0.1) is 11.9 Å². The molecular formula is C15H6Na2O5S. The Balaban J connectivity index is 0.00000132. The van der Waals surface area contributed by atoms with E-state index in [9.17, 15) is 24.6 Å². The maximum Gasteiger partial charge on any atom is 1.00 e. The van der Waals surface area contributed by atoms with E-state index in [1.54, 1.807) is 24.3 Å². The van der Waals surface area contributed by atoms with Gasteiger partial charge >= 0.3 is 59.1 Å². The molecule has 23 heavy (non-hydrogen) atoms. The molecule has 2 aromatic carbocycles. The largest absolute Gasteiger partial charge is 1.00 e. The van der Waals surface area contributed by atoms with E-state index in [0.29, 0.717) is 10.1 Å². The minimum Gasteiger partial charge on any atom is -0.545 e. The number of carbonyl (C=O) groups is 2. The fraction of sp³-hybridized carbons (Fsp3) is 0. The van der Waals surface area contributed by atoms with Crippen LogP contribution in [0.5, 0.6) is 0 Å². The Morgan fingerprint density at radius 1 is 0.870 bits per heavy atom. The van der Waals surface area contributed by atoms with Crippen molar-refractivity contribution in [1.29, 1.82) is 0 Å². The summed E-state index contributed by atoms with van der Waals surface area (Å²) in [5, 5.41) is 22.9. The number of hydrogen-bond acceptors (Lipinski definition) is 6. The van der Waals surface area contributed by atoms with Crippen molar-refractivity contribution in [2.24, 2.45) is 0 Å². The SMILES string of the molecule is O=C([O-])c1ccc2c(=O)c3ccccc3sc2c1C(=O)[O-].[Na+].[Na+]. The Morgan fingerprint density at radius 2 is 1.52 bits per heavy atom. The van der Waals surface area contributed by atoms with E-state index in [1.807, 2.05) is 0 Å². The summed E-state index contributed by atoms with van der Waals surface area (Å²) in [5.41, 5.74) is -1.35. The molecule has 0 unspecified atom stereocenters. The van der Waals surface area contributed by atoms with Crippen LogP contribution < -0.4 is 74.8 Å². The molecule has 0 saturated heterocycles. The Hall–Kier alpha value is -0.730. The number of fused-ring (bicyclic) bond motifs is 2. The molecule has 0 aliphatic rings. The maximum atomic E-state index is 12.4. The molecule has 0 saturated carbocycles. The second kappa shape index (κ2) is 7.90. The number of carboxylic acids is 2. The average molecular weight is 344 g/mol. The van der Waals surface area contributed by atoms with Crippen LogP contribution in [0.3, 0.4) is 0 Å². The van der Waals surface area contributed by atoms with Crippen LogP contribution in [0.15, 0.2) is 41.2 Å². The first-order valence-corrected chi connectivity index (χ1v) is 6.73. The molecule has 0 aliphatic heterocycles. The monoisotopic (exact) mass is 344 g/mol. The minimum atomic E-state index is -1.65. The van der Waals surface area contributed by atoms with Crippen molar-refractivity contribution in [2.75, 3.05) is 0 Å². The zero-order chi connectivity index (χ0) is 15.1. The van der Waals surface area contributed by atoms with Crippen molar-refractivity contribution in [3.63, 3.8) is 0 Å². The predicted molar refractivity (Wildman–Crippen MR) is 74.3 cm³/mol. The van der Waals surface area contributed by atoms with Crippen LogP contribution in [0, 0.1) is 0 Å². The molecule has 0 amide bonds. The van der Waals surface area contributed by atoms with Crippen LogP contribution in [0.2, 0.25) is 0 Å². The van der Waals surface area contributed by atoms with Crippen LogP contribution in [0.25, 0.3) is 20.2 Å². The Labute approximate surface area is 178 Å². The van der Waals surface area contributed by atoms with Gasteiger partial charge in [-0.3, -0.25) is 4.79 Å². The van der Waals surface area contributed by atoms with Crippen molar-refractivity contribution in [2.45, 2.75) is 0 Å². The molecule has 0 fully saturated rings. The van der Waals surface area contributed by atoms with Gasteiger partial charge in [0.25, 0.3) is 0 Å². The fourth-order valence-corrected chi connectivity index (χ4v) is 3.44. The minimum absolute atomic E-state index is 0. The molecule has 0 N–H and O–H groups in total. The average Bonchev–Trinajstić information content (AvgIpc) is 2.46. The Kier molecular flexibility index (Phi) is 6.97. The molecule has 0 radical (unpaired) electrons. The number of benzene rings is 2. The molecule has 1 heterocycles. The molecule has 3 rings (SSSR count). The summed E-state index contributed by atoms with van der Waals surface area (Å²) in [6.07, 6.45) is 0. The van der Waals surface area contributed by atoms with Crippen molar-refractivity contribution in [3.05, 3.63) is 57.7 Å². The number of carbonyl (C=O) groups excluding carboxylic acids is 2. The van der Waals surface area contributed by atoms with E-state index in [4.69, 9.17) is 0 Å². The topological polar surface area (TPSA) is 97.3 Å². The predicted octanol–water partition coefficient (Wildman–Crippen LogP) is -5.85. The molecule has 1 aromatic heterocycles. The van der Waals surface area contributed by atoms with Gasteiger partial charge in [-0.25, -0.2) is 0 Å². The smallest absolute Gasteiger partial charge is 0.545 e. The van der Waals surface area contributed by atoms with Gasteiger partial charge < -0.3 is 19.8 Å². The zero-order valence-electron chi connectivity index (χ0n) is 12.4. The van der Waals surface area contributed by atoms with Gasteiger partial charge in [-0.2, -0.15) is 0 Å². The summed E-state index contributed by atoms with van der Waals surface area (Å²) in [7, 11) is 0. The summed E-state index contributed by atoms with van der Waals surface area (Å²) >= 11 is 1.04. The van der Waals surface area contributed by atoms with Crippen molar-refractivity contribution >= 4 is 43.4 Å². The van der Waals surface area contributed by atoms with Gasteiger partial charge in [0.1, 0.15) is 0 Å². The molecule has 0 aliphatic carbocycles. The van der Waals surface area contributed by atoms with Crippen LogP contribution in [0.1, 0.15) is 20.7 Å². The molecule has 5 nitrogen and oxygen atoms in total. The van der Waals surface area contributed by atoms with Gasteiger partial charge in [-0.1, -0.05) is 18.2 Å². The second-order valence-corrected chi connectivity index (χ2v) is 5.42. The van der Waals surface area contributed by atoms with Crippen molar-refractivity contribution in [1.82, 2.24) is 0 Å². The number of hydrogen-bond donors (Lipinski definition) is 0. The van der Waals surface area contributed by atoms with Gasteiger partial charge in [-0.15, -0.1) is 11.3 Å². The van der Waals surface area contributed by atoms with E-state index in [1.165, 1.54) is 6.07 Å². The van der Waals surface area contributed by atoms with Gasteiger partial charge in [-0.05, 0) is 18.2 Å². The fourth-order valence-electron chi connectivity index (χ4n) is 2.24. The standard InChI is InChI=1S/C15H8O5S.2Na/c16-12-7-3-1-2-4-10(7)21-13-9(12)6-5-8(14(17)18)11(13)15(19)20;;/h1-6H,(H,17,18)(H,19,20);;/q;2*+1/p-2. The third-order valence-electron chi connectivity index (χ3n) is 3.17. The third-order valence-corrected chi connectivity index (χ3v) is 4.37. The summed E-state index contributed by atoms with van der Waals surface area (Å²) in [6.45, 7) is 0. The first-order valence-electron chi connectivity index (χ1n) is 5.92. The van der Waals surface area contributed by atoms with E-state index >= 15 is 0 Å². The normalized spacial score (nSPS) is 9.91. The van der Waals surface area contributed by atoms with Crippen molar-refractivity contribution < 1.29 is 78.9 Å².